The summed E-state index contributed by atoms with van der Waals surface area (Å²) in [6.07, 6.45) is 14.6. The first-order valence-corrected chi connectivity index (χ1v) is 10.2. The van der Waals surface area contributed by atoms with Crippen LogP contribution in [0.25, 0.3) is 0 Å². The highest BCUT2D eigenvalue weighted by molar-refractivity contribution is 7.18. The van der Waals surface area contributed by atoms with Crippen molar-refractivity contribution in [2.75, 3.05) is 0 Å². The van der Waals surface area contributed by atoms with Gasteiger partial charge in [-0.1, -0.05) is 113 Å². The summed E-state index contributed by atoms with van der Waals surface area (Å²) in [7, 11) is 2.81. The Kier molecular flexibility index (Phi) is 20.6. The van der Waals surface area contributed by atoms with Crippen molar-refractivity contribution in [1.82, 2.24) is 5.32 Å². The summed E-state index contributed by atoms with van der Waals surface area (Å²) in [5.41, 5.74) is 3.74. The minimum absolute atomic E-state index is 0.240. The van der Waals surface area contributed by atoms with Crippen LogP contribution in [0.5, 0.6) is 0 Å². The van der Waals surface area contributed by atoms with Crippen LogP contribution in [0.4, 0.5) is 0 Å². The fourth-order valence-electron chi connectivity index (χ4n) is 2.01. The molecule has 0 bridgehead atoms. The Balaban J connectivity index is 0. The van der Waals surface area contributed by atoms with Crippen molar-refractivity contribution in [3.8, 4) is 0 Å². The van der Waals surface area contributed by atoms with Gasteiger partial charge in [-0.15, -0.1) is 9.24 Å². The highest BCUT2D eigenvalue weighted by atomic mass is 31.0. The SMILES string of the molecule is C=C/C=C(\C=C)CC.C=C/C=C(\C=C/C)C(P)NCc1ccccc1.CC. The fourth-order valence-corrected chi connectivity index (χ4v) is 2.35. The number of rotatable bonds is 9. The molecule has 2 unspecified atom stereocenters. The van der Waals surface area contributed by atoms with Gasteiger partial charge < -0.3 is 5.32 Å². The average molecular weight is 384 g/mol. The summed E-state index contributed by atoms with van der Waals surface area (Å²) >= 11 is 0. The zero-order chi connectivity index (χ0) is 20.9. The Bertz CT molecular complexity index is 594. The average Bonchev–Trinajstić information content (AvgIpc) is 2.72. The van der Waals surface area contributed by atoms with Gasteiger partial charge in [0.1, 0.15) is 0 Å². The molecular weight excluding hydrogens is 345 g/mol. The van der Waals surface area contributed by atoms with Crippen molar-refractivity contribution in [3.05, 3.63) is 109 Å². The van der Waals surface area contributed by atoms with E-state index in [1.165, 1.54) is 16.7 Å². The molecule has 0 saturated heterocycles. The molecule has 148 valence electrons. The Morgan fingerprint density at radius 2 is 1.67 bits per heavy atom. The molecule has 0 aliphatic rings. The van der Waals surface area contributed by atoms with E-state index >= 15 is 0 Å². The first-order chi connectivity index (χ1) is 13.1. The first kappa shape index (κ1) is 27.3. The Hall–Kier alpha value is -1.95. The minimum atomic E-state index is 0.240. The quantitative estimate of drug-likeness (QED) is 0.346. The predicted molar refractivity (Wildman–Crippen MR) is 130 cm³/mol. The molecule has 0 radical (unpaired) electrons. The lowest BCUT2D eigenvalue weighted by Crippen LogP contribution is -2.24. The summed E-state index contributed by atoms with van der Waals surface area (Å²) in [5.74, 6) is 0.240. The van der Waals surface area contributed by atoms with Crippen molar-refractivity contribution in [2.45, 2.75) is 46.4 Å². The molecule has 1 N–H and O–H groups in total. The lowest BCUT2D eigenvalue weighted by molar-refractivity contribution is 0.711. The number of allylic oxidation sites excluding steroid dienone is 7. The van der Waals surface area contributed by atoms with E-state index in [-0.39, 0.29) is 5.78 Å². The van der Waals surface area contributed by atoms with E-state index in [9.17, 15) is 0 Å². The Morgan fingerprint density at radius 3 is 2.07 bits per heavy atom. The van der Waals surface area contributed by atoms with Gasteiger partial charge >= 0.3 is 0 Å². The van der Waals surface area contributed by atoms with Gasteiger partial charge in [-0.25, -0.2) is 0 Å². The van der Waals surface area contributed by atoms with E-state index in [1.807, 2.05) is 57.2 Å². The van der Waals surface area contributed by atoms with Crippen molar-refractivity contribution < 1.29 is 0 Å². The highest BCUT2D eigenvalue weighted by Gasteiger charge is 2.04. The topological polar surface area (TPSA) is 12.0 Å². The standard InChI is InChI=1S/C15H20NP.C8H12.C2H6/c1-3-8-14(9-4-2)15(17)16-12-13-10-6-5-7-11-13;1-4-7-8(5-2)6-3;1-2/h3-11,15-16H,1,12,17H2,2H3;4-5,7H,1-2,6H2,3H3;1-2H3/b9-4-,14-8+;8-7+;. The van der Waals surface area contributed by atoms with E-state index < -0.39 is 0 Å². The van der Waals surface area contributed by atoms with Crippen LogP contribution < -0.4 is 5.32 Å². The highest BCUT2D eigenvalue weighted by Crippen LogP contribution is 2.12. The van der Waals surface area contributed by atoms with E-state index in [0.717, 1.165) is 13.0 Å². The number of hydrogen-bond donors (Lipinski definition) is 1. The molecular formula is C25H38NP. The lowest BCUT2D eigenvalue weighted by atomic mass is 10.2. The van der Waals surface area contributed by atoms with Gasteiger partial charge in [0.15, 0.2) is 0 Å². The van der Waals surface area contributed by atoms with Gasteiger partial charge in [-0.2, -0.15) is 0 Å². The molecule has 27 heavy (non-hydrogen) atoms. The molecule has 0 aromatic heterocycles. The molecule has 2 atom stereocenters. The zero-order valence-corrected chi connectivity index (χ0v) is 18.8. The number of nitrogens with one attached hydrogen (secondary N) is 1. The van der Waals surface area contributed by atoms with E-state index in [4.69, 9.17) is 0 Å². The summed E-state index contributed by atoms with van der Waals surface area (Å²) < 4.78 is 0. The van der Waals surface area contributed by atoms with Gasteiger partial charge in [0.25, 0.3) is 0 Å². The van der Waals surface area contributed by atoms with E-state index in [0.29, 0.717) is 0 Å². The molecule has 0 spiro atoms. The predicted octanol–water partition coefficient (Wildman–Crippen LogP) is 7.39. The van der Waals surface area contributed by atoms with Crippen LogP contribution in [0, 0.1) is 0 Å². The van der Waals surface area contributed by atoms with Crippen LogP contribution in [0.3, 0.4) is 0 Å². The van der Waals surface area contributed by atoms with Gasteiger partial charge in [-0.3, -0.25) is 0 Å². The fraction of sp³-hybridized carbons (Fsp3) is 0.280. The summed E-state index contributed by atoms with van der Waals surface area (Å²) in [6, 6.07) is 10.4. The third-order valence-electron chi connectivity index (χ3n) is 3.40. The second-order valence-corrected chi connectivity index (χ2v) is 5.95. The molecule has 0 aliphatic heterocycles. The molecule has 0 fully saturated rings. The molecule has 1 aromatic rings. The van der Waals surface area contributed by atoms with Gasteiger partial charge in [-0.05, 0) is 30.1 Å². The molecule has 0 saturated carbocycles. The van der Waals surface area contributed by atoms with Crippen molar-refractivity contribution in [2.24, 2.45) is 0 Å². The van der Waals surface area contributed by atoms with Gasteiger partial charge in [0.05, 0.1) is 0 Å². The van der Waals surface area contributed by atoms with Gasteiger partial charge in [0, 0.05) is 12.3 Å². The number of benzene rings is 1. The molecule has 0 amide bonds. The summed E-state index contributed by atoms with van der Waals surface area (Å²) in [4.78, 5) is 0. The normalized spacial score (nSPS) is 12.2. The Morgan fingerprint density at radius 1 is 1.07 bits per heavy atom. The maximum atomic E-state index is 3.74. The van der Waals surface area contributed by atoms with Crippen LogP contribution >= 0.6 is 9.24 Å². The van der Waals surface area contributed by atoms with Crippen molar-refractivity contribution in [1.29, 1.82) is 0 Å². The summed E-state index contributed by atoms with van der Waals surface area (Å²) in [6.45, 7) is 19.9. The van der Waals surface area contributed by atoms with Crippen LogP contribution in [-0.4, -0.2) is 5.78 Å². The molecule has 0 aliphatic carbocycles. The molecule has 1 nitrogen and oxygen atoms in total. The van der Waals surface area contributed by atoms with E-state index in [2.05, 4.69) is 71.6 Å². The molecule has 2 heteroatoms. The van der Waals surface area contributed by atoms with Crippen LogP contribution in [0.2, 0.25) is 0 Å². The lowest BCUT2D eigenvalue weighted by Gasteiger charge is -2.15. The van der Waals surface area contributed by atoms with E-state index in [1.54, 1.807) is 6.08 Å². The van der Waals surface area contributed by atoms with Crippen LogP contribution in [-0.2, 0) is 6.54 Å². The Labute approximate surface area is 170 Å². The second kappa shape index (κ2) is 20.4. The largest absolute Gasteiger partial charge is 0.303 e. The third-order valence-corrected chi connectivity index (χ3v) is 4.02. The molecule has 1 aromatic carbocycles. The minimum Gasteiger partial charge on any atom is -0.303 e. The first-order valence-electron chi connectivity index (χ1n) is 9.55. The third kappa shape index (κ3) is 14.9. The van der Waals surface area contributed by atoms with Crippen molar-refractivity contribution in [3.63, 3.8) is 0 Å². The summed E-state index contributed by atoms with van der Waals surface area (Å²) in [5, 5.41) is 3.46. The molecule has 0 heterocycles. The van der Waals surface area contributed by atoms with Crippen LogP contribution in [0.15, 0.2) is 104 Å². The van der Waals surface area contributed by atoms with Crippen LogP contribution in [0.1, 0.15) is 39.7 Å². The second-order valence-electron chi connectivity index (χ2n) is 5.28. The van der Waals surface area contributed by atoms with Crippen molar-refractivity contribution >= 4 is 9.24 Å². The van der Waals surface area contributed by atoms with Gasteiger partial charge in [0.2, 0.25) is 0 Å². The monoisotopic (exact) mass is 383 g/mol. The number of hydrogen-bond acceptors (Lipinski definition) is 1. The zero-order valence-electron chi connectivity index (χ0n) is 17.6. The molecule has 1 rings (SSSR count). The maximum absolute atomic E-state index is 3.74. The maximum Gasteiger partial charge on any atom is 0.0466 e. The smallest absolute Gasteiger partial charge is 0.0466 e.